The molecule has 6 heteroatoms. The van der Waals surface area contributed by atoms with Gasteiger partial charge in [0.1, 0.15) is 16.3 Å². The molecule has 0 aliphatic heterocycles. The van der Waals surface area contributed by atoms with Gasteiger partial charge in [-0.1, -0.05) is 28.1 Å². The molecule has 0 saturated heterocycles. The second-order valence-corrected chi connectivity index (χ2v) is 6.99. The number of benzene rings is 2. The summed E-state index contributed by atoms with van der Waals surface area (Å²) in [5.41, 5.74) is 1.87. The third-order valence-electron chi connectivity index (χ3n) is 3.59. The zero-order chi connectivity index (χ0) is 16.7. The Balaban J connectivity index is 1.80. The first kappa shape index (κ1) is 15.1. The van der Waals surface area contributed by atoms with Gasteiger partial charge in [-0.05, 0) is 30.3 Å². The van der Waals surface area contributed by atoms with E-state index in [9.17, 15) is 9.90 Å². The molecule has 2 aromatic carbocycles. The number of hydrogen-bond donors (Lipinski definition) is 1. The summed E-state index contributed by atoms with van der Waals surface area (Å²) in [7, 11) is 0. The number of thiazole rings is 1. The predicted molar refractivity (Wildman–Crippen MR) is 98.4 cm³/mol. The number of rotatable bonds is 2. The maximum atomic E-state index is 12.2. The summed E-state index contributed by atoms with van der Waals surface area (Å²) in [4.78, 5) is 16.8. The van der Waals surface area contributed by atoms with Crippen LogP contribution >= 0.6 is 27.3 Å². The van der Waals surface area contributed by atoms with E-state index in [0.29, 0.717) is 16.8 Å². The van der Waals surface area contributed by atoms with Gasteiger partial charge in [-0.3, -0.25) is 0 Å². The monoisotopic (exact) mass is 399 g/mol. The van der Waals surface area contributed by atoms with Crippen molar-refractivity contribution >= 4 is 38.2 Å². The molecule has 4 aromatic rings. The van der Waals surface area contributed by atoms with Crippen LogP contribution in [0, 0.1) is 0 Å². The third kappa shape index (κ3) is 2.74. The van der Waals surface area contributed by atoms with Crippen LogP contribution in [-0.4, -0.2) is 10.1 Å². The van der Waals surface area contributed by atoms with Gasteiger partial charge >= 0.3 is 5.63 Å². The number of aromatic nitrogens is 1. The van der Waals surface area contributed by atoms with E-state index in [4.69, 9.17) is 4.42 Å². The highest BCUT2D eigenvalue weighted by atomic mass is 79.9. The molecule has 2 aromatic heterocycles. The molecule has 118 valence electrons. The molecular weight excluding hydrogens is 390 g/mol. The topological polar surface area (TPSA) is 63.3 Å². The van der Waals surface area contributed by atoms with Crippen LogP contribution in [0.25, 0.3) is 32.8 Å². The number of aromatic hydroxyl groups is 1. The van der Waals surface area contributed by atoms with E-state index in [1.54, 1.807) is 18.2 Å². The smallest absolute Gasteiger partial charge is 0.345 e. The molecule has 0 bridgehead atoms. The zero-order valence-corrected chi connectivity index (χ0v) is 14.6. The van der Waals surface area contributed by atoms with E-state index in [2.05, 4.69) is 20.9 Å². The molecule has 2 heterocycles. The molecule has 4 rings (SSSR count). The van der Waals surface area contributed by atoms with E-state index in [1.165, 1.54) is 17.4 Å². The summed E-state index contributed by atoms with van der Waals surface area (Å²) in [5.74, 6) is 0.0598. The van der Waals surface area contributed by atoms with Crippen molar-refractivity contribution in [2.45, 2.75) is 0 Å². The fourth-order valence-corrected chi connectivity index (χ4v) is 3.49. The van der Waals surface area contributed by atoms with Crippen LogP contribution < -0.4 is 5.63 Å². The minimum atomic E-state index is -0.472. The maximum absolute atomic E-state index is 12.2. The Hall–Kier alpha value is -2.44. The van der Waals surface area contributed by atoms with Gasteiger partial charge in [-0.25, -0.2) is 9.78 Å². The number of phenolic OH excluding ortho intramolecular Hbond substituents is 1. The highest BCUT2D eigenvalue weighted by molar-refractivity contribution is 9.10. The summed E-state index contributed by atoms with van der Waals surface area (Å²) < 4.78 is 6.30. The van der Waals surface area contributed by atoms with Crippen molar-refractivity contribution in [3.63, 3.8) is 0 Å². The van der Waals surface area contributed by atoms with Gasteiger partial charge in [0.2, 0.25) is 0 Å². The number of hydrogen-bond acceptors (Lipinski definition) is 5. The Bertz CT molecular complexity index is 1100. The molecule has 0 amide bonds. The van der Waals surface area contributed by atoms with Gasteiger partial charge in [-0.15, -0.1) is 11.3 Å². The van der Waals surface area contributed by atoms with Crippen molar-refractivity contribution < 1.29 is 9.52 Å². The fraction of sp³-hybridized carbons (Fsp3) is 0. The van der Waals surface area contributed by atoms with Crippen molar-refractivity contribution in [2.24, 2.45) is 0 Å². The van der Waals surface area contributed by atoms with Crippen LogP contribution in [0.3, 0.4) is 0 Å². The summed E-state index contributed by atoms with van der Waals surface area (Å²) >= 11 is 4.88. The molecule has 0 saturated carbocycles. The standard InChI is InChI=1S/C18H10BrNO3S/c19-12-4-1-10(2-5-12)17-20-15(9-24-17)14-7-11-3-6-13(21)8-16(11)23-18(14)22/h1-9,21H. The molecule has 0 fully saturated rings. The average molecular weight is 400 g/mol. The SMILES string of the molecule is O=c1oc2cc(O)ccc2cc1-c1csc(-c2ccc(Br)cc2)n1. The van der Waals surface area contributed by atoms with Crippen LogP contribution in [0.4, 0.5) is 0 Å². The van der Waals surface area contributed by atoms with Gasteiger partial charge < -0.3 is 9.52 Å². The van der Waals surface area contributed by atoms with Crippen LogP contribution in [0.15, 0.2) is 67.6 Å². The van der Waals surface area contributed by atoms with Crippen molar-refractivity contribution in [3.05, 3.63) is 68.8 Å². The molecule has 24 heavy (non-hydrogen) atoms. The van der Waals surface area contributed by atoms with E-state index < -0.39 is 5.63 Å². The fourth-order valence-electron chi connectivity index (χ4n) is 2.40. The van der Waals surface area contributed by atoms with Gasteiger partial charge in [0.15, 0.2) is 0 Å². The van der Waals surface area contributed by atoms with E-state index >= 15 is 0 Å². The van der Waals surface area contributed by atoms with Crippen molar-refractivity contribution in [1.29, 1.82) is 0 Å². The molecule has 0 atom stereocenters. The predicted octanol–water partition coefficient (Wildman–Crippen LogP) is 5.05. The number of phenols is 1. The lowest BCUT2D eigenvalue weighted by Gasteiger charge is -2.00. The lowest BCUT2D eigenvalue weighted by atomic mass is 10.1. The summed E-state index contributed by atoms with van der Waals surface area (Å²) in [6.07, 6.45) is 0. The van der Waals surface area contributed by atoms with Gasteiger partial charge in [-0.2, -0.15) is 0 Å². The Labute approximate surface area is 149 Å². The molecule has 4 nitrogen and oxygen atoms in total. The Morgan fingerprint density at radius 3 is 2.67 bits per heavy atom. The quantitative estimate of drug-likeness (QED) is 0.479. The minimum absolute atomic E-state index is 0.0598. The first-order chi connectivity index (χ1) is 11.6. The lowest BCUT2D eigenvalue weighted by molar-refractivity contribution is 0.473. The van der Waals surface area contributed by atoms with E-state index in [0.717, 1.165) is 20.4 Å². The second-order valence-electron chi connectivity index (χ2n) is 5.21. The Morgan fingerprint density at radius 1 is 1.08 bits per heavy atom. The van der Waals surface area contributed by atoms with E-state index in [-0.39, 0.29) is 5.75 Å². The van der Waals surface area contributed by atoms with Crippen LogP contribution in [0.1, 0.15) is 0 Å². The third-order valence-corrected chi connectivity index (χ3v) is 5.01. The van der Waals surface area contributed by atoms with Gasteiger partial charge in [0.05, 0.1) is 11.3 Å². The largest absolute Gasteiger partial charge is 0.508 e. The van der Waals surface area contributed by atoms with Crippen LogP contribution in [0.5, 0.6) is 5.75 Å². The highest BCUT2D eigenvalue weighted by Gasteiger charge is 2.13. The number of nitrogens with zero attached hydrogens (tertiary/aromatic N) is 1. The molecule has 1 N–H and O–H groups in total. The lowest BCUT2D eigenvalue weighted by Crippen LogP contribution is -2.02. The van der Waals surface area contributed by atoms with Crippen molar-refractivity contribution in [1.82, 2.24) is 4.98 Å². The number of halogens is 1. The molecule has 0 spiro atoms. The van der Waals surface area contributed by atoms with Crippen LogP contribution in [0.2, 0.25) is 0 Å². The van der Waals surface area contributed by atoms with Crippen LogP contribution in [-0.2, 0) is 0 Å². The van der Waals surface area contributed by atoms with Crippen molar-refractivity contribution in [2.75, 3.05) is 0 Å². The van der Waals surface area contributed by atoms with Gasteiger partial charge in [0.25, 0.3) is 0 Å². The minimum Gasteiger partial charge on any atom is -0.508 e. The van der Waals surface area contributed by atoms with E-state index in [1.807, 2.05) is 29.6 Å². The summed E-state index contributed by atoms with van der Waals surface area (Å²) in [6.45, 7) is 0. The molecule has 0 unspecified atom stereocenters. The molecular formula is C18H10BrNO3S. The maximum Gasteiger partial charge on any atom is 0.345 e. The summed E-state index contributed by atoms with van der Waals surface area (Å²) in [6, 6.07) is 14.3. The Morgan fingerprint density at radius 2 is 1.88 bits per heavy atom. The molecule has 0 aliphatic carbocycles. The second kappa shape index (κ2) is 5.89. The van der Waals surface area contributed by atoms with Gasteiger partial charge in [0, 0.05) is 26.9 Å². The Kier molecular flexibility index (Phi) is 3.70. The molecule has 0 radical (unpaired) electrons. The zero-order valence-electron chi connectivity index (χ0n) is 12.2. The molecule has 0 aliphatic rings. The first-order valence-electron chi connectivity index (χ1n) is 7.09. The highest BCUT2D eigenvalue weighted by Crippen LogP contribution is 2.30. The first-order valence-corrected chi connectivity index (χ1v) is 8.76. The normalized spacial score (nSPS) is 11.0. The summed E-state index contributed by atoms with van der Waals surface area (Å²) in [5, 5.41) is 12.9. The van der Waals surface area contributed by atoms with Crippen molar-refractivity contribution in [3.8, 4) is 27.6 Å². The average Bonchev–Trinajstić information content (AvgIpc) is 3.04. The number of fused-ring (bicyclic) bond motifs is 1.